The van der Waals surface area contributed by atoms with Crippen molar-refractivity contribution >= 4 is 40.5 Å². The molecular weight excluding hydrogens is 289 g/mol. The van der Waals surface area contributed by atoms with Crippen LogP contribution in [0.3, 0.4) is 0 Å². The van der Waals surface area contributed by atoms with Gasteiger partial charge in [-0.15, -0.1) is 23.7 Å². The lowest BCUT2D eigenvalue weighted by atomic mass is 10.2. The fourth-order valence-electron chi connectivity index (χ4n) is 1.62. The van der Waals surface area contributed by atoms with Gasteiger partial charge in [0, 0.05) is 29.2 Å². The van der Waals surface area contributed by atoms with Gasteiger partial charge in [-0.2, -0.15) is 0 Å². The van der Waals surface area contributed by atoms with Crippen molar-refractivity contribution in [1.29, 1.82) is 0 Å². The topological polar surface area (TPSA) is 42.2 Å². The molecule has 98 valence electrons. The van der Waals surface area contributed by atoms with E-state index < -0.39 is 0 Å². The Morgan fingerprint density at radius 3 is 2.50 bits per heavy atom. The molecule has 0 fully saturated rings. The predicted octanol–water partition coefficient (Wildman–Crippen LogP) is 3.43. The SMILES string of the molecule is CN(Cc1ccc(Cl)cc1)Cc1cnc(N)s1.Cl. The van der Waals surface area contributed by atoms with Crippen LogP contribution in [-0.2, 0) is 13.1 Å². The highest BCUT2D eigenvalue weighted by molar-refractivity contribution is 7.15. The summed E-state index contributed by atoms with van der Waals surface area (Å²) in [5, 5.41) is 1.39. The van der Waals surface area contributed by atoms with Crippen LogP contribution in [0.4, 0.5) is 5.13 Å². The Morgan fingerprint density at radius 1 is 1.28 bits per heavy atom. The molecule has 3 nitrogen and oxygen atoms in total. The zero-order chi connectivity index (χ0) is 12.3. The molecule has 1 aromatic carbocycles. The van der Waals surface area contributed by atoms with Gasteiger partial charge in [0.25, 0.3) is 0 Å². The third-order valence-corrected chi connectivity index (χ3v) is 3.43. The fourth-order valence-corrected chi connectivity index (χ4v) is 2.51. The van der Waals surface area contributed by atoms with E-state index in [9.17, 15) is 0 Å². The van der Waals surface area contributed by atoms with Crippen LogP contribution < -0.4 is 5.73 Å². The van der Waals surface area contributed by atoms with Crippen molar-refractivity contribution in [2.45, 2.75) is 13.1 Å². The second kappa shape index (κ2) is 6.95. The maximum absolute atomic E-state index is 5.85. The number of nitrogens with two attached hydrogens (primary N) is 1. The minimum atomic E-state index is 0. The number of thiazole rings is 1. The van der Waals surface area contributed by atoms with Gasteiger partial charge in [0.15, 0.2) is 5.13 Å². The zero-order valence-corrected chi connectivity index (χ0v) is 12.4. The minimum absolute atomic E-state index is 0. The summed E-state index contributed by atoms with van der Waals surface area (Å²) in [5.41, 5.74) is 6.84. The second-order valence-electron chi connectivity index (χ2n) is 3.96. The molecule has 1 aromatic heterocycles. The number of benzene rings is 1. The van der Waals surface area contributed by atoms with Gasteiger partial charge in [-0.1, -0.05) is 23.7 Å². The molecule has 2 rings (SSSR count). The summed E-state index contributed by atoms with van der Waals surface area (Å²) >= 11 is 7.38. The summed E-state index contributed by atoms with van der Waals surface area (Å²) in [4.78, 5) is 7.44. The number of halogens is 2. The molecular formula is C12H15Cl2N3S. The molecule has 18 heavy (non-hydrogen) atoms. The van der Waals surface area contributed by atoms with Gasteiger partial charge >= 0.3 is 0 Å². The van der Waals surface area contributed by atoms with Crippen molar-refractivity contribution in [3.63, 3.8) is 0 Å². The van der Waals surface area contributed by atoms with Crippen LogP contribution in [0.15, 0.2) is 30.5 Å². The number of aromatic nitrogens is 1. The number of rotatable bonds is 4. The first-order valence-corrected chi connectivity index (χ1v) is 6.46. The highest BCUT2D eigenvalue weighted by atomic mass is 35.5. The molecule has 6 heteroatoms. The van der Waals surface area contributed by atoms with Gasteiger partial charge < -0.3 is 5.73 Å². The van der Waals surface area contributed by atoms with Crippen LogP contribution >= 0.6 is 35.3 Å². The Labute approximate surface area is 122 Å². The van der Waals surface area contributed by atoms with Crippen molar-refractivity contribution in [2.24, 2.45) is 0 Å². The lowest BCUT2D eigenvalue weighted by Crippen LogP contribution is -2.16. The summed E-state index contributed by atoms with van der Waals surface area (Å²) in [6.07, 6.45) is 1.83. The first kappa shape index (κ1) is 15.2. The Hall–Kier alpha value is -0.810. The van der Waals surface area contributed by atoms with E-state index in [0.29, 0.717) is 5.13 Å². The normalized spacial score (nSPS) is 10.4. The average molecular weight is 304 g/mol. The predicted molar refractivity (Wildman–Crippen MR) is 80.4 cm³/mol. The van der Waals surface area contributed by atoms with E-state index >= 15 is 0 Å². The van der Waals surface area contributed by atoms with Crippen molar-refractivity contribution < 1.29 is 0 Å². The molecule has 0 bridgehead atoms. The van der Waals surface area contributed by atoms with Gasteiger partial charge in [0.05, 0.1) is 0 Å². The van der Waals surface area contributed by atoms with Gasteiger partial charge in [-0.3, -0.25) is 4.90 Å². The van der Waals surface area contributed by atoms with E-state index in [4.69, 9.17) is 17.3 Å². The monoisotopic (exact) mass is 303 g/mol. The van der Waals surface area contributed by atoms with Crippen LogP contribution in [0.1, 0.15) is 10.4 Å². The highest BCUT2D eigenvalue weighted by Gasteiger charge is 2.04. The summed E-state index contributed by atoms with van der Waals surface area (Å²) in [6.45, 7) is 1.74. The molecule has 0 amide bonds. The number of hydrogen-bond donors (Lipinski definition) is 1. The molecule has 0 unspecified atom stereocenters. The van der Waals surface area contributed by atoms with Gasteiger partial charge in [-0.25, -0.2) is 4.98 Å². The minimum Gasteiger partial charge on any atom is -0.375 e. The smallest absolute Gasteiger partial charge is 0.180 e. The average Bonchev–Trinajstić information content (AvgIpc) is 2.67. The van der Waals surface area contributed by atoms with Crippen molar-refractivity contribution in [3.05, 3.63) is 45.9 Å². The van der Waals surface area contributed by atoms with Crippen LogP contribution in [0, 0.1) is 0 Å². The second-order valence-corrected chi connectivity index (χ2v) is 5.55. The largest absolute Gasteiger partial charge is 0.375 e. The maximum atomic E-state index is 5.85. The summed E-state index contributed by atoms with van der Waals surface area (Å²) < 4.78 is 0. The molecule has 0 aliphatic rings. The van der Waals surface area contributed by atoms with Crippen LogP contribution in [0.5, 0.6) is 0 Å². The Morgan fingerprint density at radius 2 is 1.94 bits per heavy atom. The van der Waals surface area contributed by atoms with E-state index in [0.717, 1.165) is 18.1 Å². The Balaban J connectivity index is 0.00000162. The molecule has 0 spiro atoms. The lowest BCUT2D eigenvalue weighted by molar-refractivity contribution is 0.322. The van der Waals surface area contributed by atoms with Crippen LogP contribution in [0.2, 0.25) is 5.02 Å². The van der Waals surface area contributed by atoms with E-state index in [1.807, 2.05) is 30.5 Å². The molecule has 0 saturated heterocycles. The molecule has 0 aliphatic heterocycles. The van der Waals surface area contributed by atoms with Gasteiger partial charge in [0.1, 0.15) is 0 Å². The molecule has 2 aromatic rings. The van der Waals surface area contributed by atoms with Crippen molar-refractivity contribution in [2.75, 3.05) is 12.8 Å². The Kier molecular flexibility index (Phi) is 5.88. The number of anilines is 1. The van der Waals surface area contributed by atoms with E-state index in [1.54, 1.807) is 0 Å². The Bertz CT molecular complexity index is 484. The highest BCUT2D eigenvalue weighted by Crippen LogP contribution is 2.17. The molecule has 0 saturated carbocycles. The number of nitrogens with zero attached hydrogens (tertiary/aromatic N) is 2. The van der Waals surface area contributed by atoms with Crippen molar-refractivity contribution in [1.82, 2.24) is 9.88 Å². The quantitative estimate of drug-likeness (QED) is 0.941. The van der Waals surface area contributed by atoms with Crippen LogP contribution in [0.25, 0.3) is 0 Å². The summed E-state index contributed by atoms with van der Waals surface area (Å²) in [6, 6.07) is 7.91. The van der Waals surface area contributed by atoms with Crippen molar-refractivity contribution in [3.8, 4) is 0 Å². The van der Waals surface area contributed by atoms with E-state index in [-0.39, 0.29) is 12.4 Å². The molecule has 0 aliphatic carbocycles. The maximum Gasteiger partial charge on any atom is 0.180 e. The third-order valence-electron chi connectivity index (χ3n) is 2.36. The first-order chi connectivity index (χ1) is 8.13. The van der Waals surface area contributed by atoms with Crippen LogP contribution in [-0.4, -0.2) is 16.9 Å². The van der Waals surface area contributed by atoms with E-state index in [1.165, 1.54) is 21.8 Å². The third kappa shape index (κ3) is 4.46. The zero-order valence-electron chi connectivity index (χ0n) is 9.97. The fraction of sp³-hybridized carbons (Fsp3) is 0.250. The van der Waals surface area contributed by atoms with Gasteiger partial charge in [-0.05, 0) is 24.7 Å². The lowest BCUT2D eigenvalue weighted by Gasteiger charge is -2.15. The standard InChI is InChI=1S/C12H14ClN3S.ClH/c1-16(8-11-6-15-12(14)17-11)7-9-2-4-10(13)5-3-9;/h2-6H,7-8H2,1H3,(H2,14,15);1H. The molecule has 2 N–H and O–H groups in total. The van der Waals surface area contributed by atoms with E-state index in [2.05, 4.69) is 16.9 Å². The molecule has 1 heterocycles. The first-order valence-electron chi connectivity index (χ1n) is 5.26. The number of hydrogen-bond acceptors (Lipinski definition) is 4. The van der Waals surface area contributed by atoms with Gasteiger partial charge in [0.2, 0.25) is 0 Å². The summed E-state index contributed by atoms with van der Waals surface area (Å²) in [7, 11) is 2.07. The number of nitrogen functional groups attached to an aromatic ring is 1. The summed E-state index contributed by atoms with van der Waals surface area (Å²) in [5.74, 6) is 0. The molecule has 0 atom stereocenters. The molecule has 0 radical (unpaired) electrons.